The fraction of sp³-hybridized carbons (Fsp3) is 0.222. The van der Waals surface area contributed by atoms with Crippen LogP contribution in [0.1, 0.15) is 6.92 Å². The van der Waals surface area contributed by atoms with Crippen molar-refractivity contribution in [3.8, 4) is 0 Å². The number of hydrogen-bond acceptors (Lipinski definition) is 5. The second kappa shape index (κ2) is 5.35. The van der Waals surface area contributed by atoms with E-state index in [4.69, 9.17) is 4.74 Å². The maximum atomic E-state index is 10.5. The molecule has 0 atom stereocenters. The van der Waals surface area contributed by atoms with Gasteiger partial charge in [0.1, 0.15) is 5.94 Å². The Hall–Kier alpha value is -1.56. The maximum absolute atomic E-state index is 10.5. The number of nitrogens with zero attached hydrogens (tertiary/aromatic N) is 1. The first kappa shape index (κ1) is 11.5. The average molecular weight is 227 g/mol. The number of ether oxygens (including phenoxy) is 1. The van der Waals surface area contributed by atoms with Crippen molar-refractivity contribution in [3.05, 3.63) is 34.4 Å². The molecule has 0 aromatic heterocycles. The second-order valence-corrected chi connectivity index (χ2v) is 3.64. The lowest BCUT2D eigenvalue weighted by molar-refractivity contribution is -0.384. The molecule has 80 valence electrons. The van der Waals surface area contributed by atoms with Crippen molar-refractivity contribution in [2.45, 2.75) is 11.8 Å². The van der Waals surface area contributed by atoms with Gasteiger partial charge in [-0.15, -0.1) is 0 Å². The zero-order chi connectivity index (χ0) is 11.3. The molecular formula is C9H9NO4S. The van der Waals surface area contributed by atoms with Crippen LogP contribution in [0.5, 0.6) is 0 Å². The minimum atomic E-state index is -0.458. The van der Waals surface area contributed by atoms with Crippen molar-refractivity contribution < 1.29 is 14.5 Å². The summed E-state index contributed by atoms with van der Waals surface area (Å²) in [6.07, 6.45) is 0. The minimum absolute atomic E-state index is 0.0480. The molecular weight excluding hydrogens is 218 g/mol. The fourth-order valence-corrected chi connectivity index (χ4v) is 1.53. The van der Waals surface area contributed by atoms with Crippen molar-refractivity contribution in [2.75, 3.05) is 5.94 Å². The van der Waals surface area contributed by atoms with E-state index in [-0.39, 0.29) is 17.6 Å². The molecule has 0 saturated carbocycles. The number of carbonyl (C=O) groups excluding carboxylic acids is 1. The summed E-state index contributed by atoms with van der Waals surface area (Å²) in [6.45, 7) is 1.33. The van der Waals surface area contributed by atoms with Crippen LogP contribution in [0, 0.1) is 10.1 Å². The van der Waals surface area contributed by atoms with Crippen LogP contribution >= 0.6 is 11.8 Å². The quantitative estimate of drug-likeness (QED) is 0.259. The van der Waals surface area contributed by atoms with Crippen LogP contribution in [0.25, 0.3) is 0 Å². The molecule has 0 fully saturated rings. The summed E-state index contributed by atoms with van der Waals surface area (Å²) >= 11 is 1.30. The summed E-state index contributed by atoms with van der Waals surface area (Å²) in [5.74, 6) is -0.128. The van der Waals surface area contributed by atoms with E-state index in [1.54, 1.807) is 12.1 Å². The number of benzene rings is 1. The second-order valence-electron chi connectivity index (χ2n) is 2.65. The van der Waals surface area contributed by atoms with E-state index >= 15 is 0 Å². The van der Waals surface area contributed by atoms with E-state index in [1.165, 1.54) is 30.8 Å². The lowest BCUT2D eigenvalue weighted by atomic mass is 10.3. The van der Waals surface area contributed by atoms with Gasteiger partial charge in [0, 0.05) is 24.0 Å². The Bertz CT molecular complexity index is 363. The van der Waals surface area contributed by atoms with Crippen molar-refractivity contribution in [1.82, 2.24) is 0 Å². The van der Waals surface area contributed by atoms with Crippen LogP contribution in [0.3, 0.4) is 0 Å². The largest absolute Gasteiger partial charge is 0.454 e. The van der Waals surface area contributed by atoms with Crippen LogP contribution in [0.2, 0.25) is 0 Å². The average Bonchev–Trinajstić information content (AvgIpc) is 2.18. The number of nitro benzene ring substituents is 1. The van der Waals surface area contributed by atoms with Crippen LogP contribution in [-0.4, -0.2) is 16.8 Å². The predicted molar refractivity (Wildman–Crippen MR) is 55.6 cm³/mol. The minimum Gasteiger partial charge on any atom is -0.454 e. The molecule has 0 bridgehead atoms. The number of rotatable bonds is 4. The Morgan fingerprint density at radius 1 is 1.47 bits per heavy atom. The first-order valence-corrected chi connectivity index (χ1v) is 5.09. The molecule has 1 aromatic rings. The Morgan fingerprint density at radius 3 is 2.53 bits per heavy atom. The monoisotopic (exact) mass is 227 g/mol. The predicted octanol–water partition coefficient (Wildman–Crippen LogP) is 2.21. The summed E-state index contributed by atoms with van der Waals surface area (Å²) in [7, 11) is 0. The van der Waals surface area contributed by atoms with E-state index in [2.05, 4.69) is 0 Å². The smallest absolute Gasteiger partial charge is 0.303 e. The van der Waals surface area contributed by atoms with Gasteiger partial charge in [0.15, 0.2) is 0 Å². The molecule has 5 nitrogen and oxygen atoms in total. The maximum Gasteiger partial charge on any atom is 0.303 e. The van der Waals surface area contributed by atoms with Crippen molar-refractivity contribution in [2.24, 2.45) is 0 Å². The summed E-state index contributed by atoms with van der Waals surface area (Å²) in [6, 6.07) is 6.06. The van der Waals surface area contributed by atoms with Gasteiger partial charge in [0.2, 0.25) is 0 Å². The molecule has 0 aliphatic heterocycles. The third-order valence-corrected chi connectivity index (χ3v) is 2.38. The van der Waals surface area contributed by atoms with E-state index in [9.17, 15) is 14.9 Å². The van der Waals surface area contributed by atoms with Gasteiger partial charge in [0.05, 0.1) is 4.92 Å². The number of esters is 1. The normalized spacial score (nSPS) is 9.67. The van der Waals surface area contributed by atoms with Crippen molar-refractivity contribution in [3.63, 3.8) is 0 Å². The number of thioether (sulfide) groups is 1. The SMILES string of the molecule is CC(=O)OCSc1ccc([N+](=O)[O-])cc1. The van der Waals surface area contributed by atoms with E-state index in [0.717, 1.165) is 4.90 Å². The van der Waals surface area contributed by atoms with Gasteiger partial charge in [-0.05, 0) is 12.1 Å². The summed E-state index contributed by atoms with van der Waals surface area (Å²) in [5, 5.41) is 10.3. The molecule has 1 rings (SSSR count). The summed E-state index contributed by atoms with van der Waals surface area (Å²) < 4.78 is 4.71. The van der Waals surface area contributed by atoms with Crippen LogP contribution < -0.4 is 0 Å². The van der Waals surface area contributed by atoms with Crippen LogP contribution in [0.4, 0.5) is 5.69 Å². The molecule has 0 saturated heterocycles. The summed E-state index contributed by atoms with van der Waals surface area (Å²) in [5.41, 5.74) is 0.0480. The highest BCUT2D eigenvalue weighted by Crippen LogP contribution is 2.21. The van der Waals surface area contributed by atoms with Gasteiger partial charge in [0.25, 0.3) is 5.69 Å². The molecule has 0 heterocycles. The Kier molecular flexibility index (Phi) is 4.11. The zero-order valence-corrected chi connectivity index (χ0v) is 8.82. The van der Waals surface area contributed by atoms with Crippen LogP contribution in [0.15, 0.2) is 29.2 Å². The van der Waals surface area contributed by atoms with E-state index in [0.29, 0.717) is 0 Å². The molecule has 0 N–H and O–H groups in total. The van der Waals surface area contributed by atoms with Crippen molar-refractivity contribution in [1.29, 1.82) is 0 Å². The Balaban J connectivity index is 2.50. The Morgan fingerprint density at radius 2 is 2.07 bits per heavy atom. The van der Waals surface area contributed by atoms with Crippen LogP contribution in [-0.2, 0) is 9.53 Å². The number of non-ortho nitro benzene ring substituents is 1. The standard InChI is InChI=1S/C9H9NO4S/c1-7(11)14-6-15-9-4-2-8(3-5-9)10(12)13/h2-5H,6H2,1H3. The van der Waals surface area contributed by atoms with E-state index < -0.39 is 4.92 Å². The number of carbonyl (C=O) groups is 1. The van der Waals surface area contributed by atoms with Gasteiger partial charge in [-0.2, -0.15) is 0 Å². The van der Waals surface area contributed by atoms with Crippen molar-refractivity contribution >= 4 is 23.4 Å². The molecule has 0 spiro atoms. The van der Waals surface area contributed by atoms with Gasteiger partial charge >= 0.3 is 5.97 Å². The highest BCUT2D eigenvalue weighted by atomic mass is 32.2. The third kappa shape index (κ3) is 3.99. The number of hydrogen-bond donors (Lipinski definition) is 0. The van der Waals surface area contributed by atoms with Gasteiger partial charge in [-0.1, -0.05) is 11.8 Å². The zero-order valence-electron chi connectivity index (χ0n) is 8.00. The number of nitro groups is 1. The molecule has 0 amide bonds. The lowest BCUT2D eigenvalue weighted by Crippen LogP contribution is -1.96. The first-order valence-electron chi connectivity index (χ1n) is 4.10. The highest BCUT2D eigenvalue weighted by molar-refractivity contribution is 7.99. The lowest BCUT2D eigenvalue weighted by Gasteiger charge is -2.01. The molecule has 0 aliphatic carbocycles. The molecule has 0 radical (unpaired) electrons. The molecule has 15 heavy (non-hydrogen) atoms. The van der Waals surface area contributed by atoms with Gasteiger partial charge in [-0.25, -0.2) is 0 Å². The first-order chi connectivity index (χ1) is 7.09. The Labute approximate surface area is 90.6 Å². The van der Waals surface area contributed by atoms with E-state index in [1.807, 2.05) is 0 Å². The topological polar surface area (TPSA) is 69.4 Å². The molecule has 1 aromatic carbocycles. The highest BCUT2D eigenvalue weighted by Gasteiger charge is 2.04. The molecule has 0 unspecified atom stereocenters. The fourth-order valence-electron chi connectivity index (χ4n) is 0.845. The van der Waals surface area contributed by atoms with Gasteiger partial charge in [-0.3, -0.25) is 14.9 Å². The summed E-state index contributed by atoms with van der Waals surface area (Å²) in [4.78, 5) is 21.2. The molecule has 6 heteroatoms. The third-order valence-electron chi connectivity index (χ3n) is 1.54. The van der Waals surface area contributed by atoms with Gasteiger partial charge < -0.3 is 4.74 Å². The molecule has 0 aliphatic rings.